The third-order valence-electron chi connectivity index (χ3n) is 4.07. The van der Waals surface area contributed by atoms with Crippen molar-refractivity contribution < 1.29 is 13.2 Å². The SMILES string of the molecule is C[C@H]1CCCN1S(=O)(=O)c1ccc(OCCn2cccn2)cc1. The number of hydrogen-bond donors (Lipinski definition) is 0. The van der Waals surface area contributed by atoms with Gasteiger partial charge in [0.15, 0.2) is 0 Å². The summed E-state index contributed by atoms with van der Waals surface area (Å²) >= 11 is 0. The molecule has 2 heterocycles. The van der Waals surface area contributed by atoms with Crippen LogP contribution >= 0.6 is 0 Å². The van der Waals surface area contributed by atoms with Crippen LogP contribution in [0.15, 0.2) is 47.6 Å². The monoisotopic (exact) mass is 335 g/mol. The molecule has 0 unspecified atom stereocenters. The van der Waals surface area contributed by atoms with Gasteiger partial charge in [-0.05, 0) is 50.1 Å². The molecule has 124 valence electrons. The number of sulfonamides is 1. The molecule has 1 aliphatic rings. The Morgan fingerprint density at radius 1 is 1.30 bits per heavy atom. The minimum atomic E-state index is -3.40. The molecule has 0 bridgehead atoms. The average molecular weight is 335 g/mol. The van der Waals surface area contributed by atoms with E-state index < -0.39 is 10.0 Å². The first-order valence-electron chi connectivity index (χ1n) is 7.79. The van der Waals surface area contributed by atoms with Crippen molar-refractivity contribution in [2.45, 2.75) is 37.2 Å². The van der Waals surface area contributed by atoms with Gasteiger partial charge in [-0.1, -0.05) is 0 Å². The van der Waals surface area contributed by atoms with Crippen LogP contribution in [-0.4, -0.2) is 41.7 Å². The van der Waals surface area contributed by atoms with Crippen molar-refractivity contribution in [3.8, 4) is 5.75 Å². The van der Waals surface area contributed by atoms with Crippen molar-refractivity contribution in [1.82, 2.24) is 14.1 Å². The Morgan fingerprint density at radius 3 is 2.70 bits per heavy atom. The van der Waals surface area contributed by atoms with Crippen LogP contribution in [0.25, 0.3) is 0 Å². The summed E-state index contributed by atoms with van der Waals surface area (Å²) in [6.45, 7) is 3.69. The fourth-order valence-corrected chi connectivity index (χ4v) is 4.50. The van der Waals surface area contributed by atoms with Crippen LogP contribution in [0.3, 0.4) is 0 Å². The molecule has 3 rings (SSSR count). The van der Waals surface area contributed by atoms with Crippen LogP contribution in [0.1, 0.15) is 19.8 Å². The summed E-state index contributed by atoms with van der Waals surface area (Å²) in [6.07, 6.45) is 5.44. The van der Waals surface area contributed by atoms with Crippen molar-refractivity contribution in [2.75, 3.05) is 13.2 Å². The summed E-state index contributed by atoms with van der Waals surface area (Å²) in [5.41, 5.74) is 0. The van der Waals surface area contributed by atoms with Gasteiger partial charge in [0.2, 0.25) is 10.0 Å². The number of benzene rings is 1. The van der Waals surface area contributed by atoms with Gasteiger partial charge >= 0.3 is 0 Å². The lowest BCUT2D eigenvalue weighted by Gasteiger charge is -2.21. The lowest BCUT2D eigenvalue weighted by molar-refractivity contribution is 0.291. The summed E-state index contributed by atoms with van der Waals surface area (Å²) in [5, 5.41) is 4.10. The maximum atomic E-state index is 12.6. The van der Waals surface area contributed by atoms with Crippen molar-refractivity contribution in [3.05, 3.63) is 42.7 Å². The number of nitrogens with zero attached hydrogens (tertiary/aromatic N) is 3. The highest BCUT2D eigenvalue weighted by atomic mass is 32.2. The Balaban J connectivity index is 1.62. The first-order chi connectivity index (χ1) is 11.1. The zero-order valence-corrected chi connectivity index (χ0v) is 13.9. The van der Waals surface area contributed by atoms with Gasteiger partial charge in [0, 0.05) is 25.0 Å². The van der Waals surface area contributed by atoms with Crippen LogP contribution in [0.2, 0.25) is 0 Å². The predicted octanol–water partition coefficient (Wildman–Crippen LogP) is 2.14. The minimum Gasteiger partial charge on any atom is -0.492 e. The van der Waals surface area contributed by atoms with Crippen LogP contribution in [0.5, 0.6) is 5.75 Å². The average Bonchev–Trinajstić information content (AvgIpc) is 3.19. The largest absolute Gasteiger partial charge is 0.492 e. The Bertz CT molecular complexity index is 726. The van der Waals surface area contributed by atoms with E-state index in [1.807, 2.05) is 19.2 Å². The lowest BCUT2D eigenvalue weighted by atomic mass is 10.3. The molecule has 6 nitrogen and oxygen atoms in total. The molecule has 23 heavy (non-hydrogen) atoms. The molecule has 1 saturated heterocycles. The van der Waals surface area contributed by atoms with Crippen molar-refractivity contribution in [1.29, 1.82) is 0 Å². The fourth-order valence-electron chi connectivity index (χ4n) is 2.80. The quantitative estimate of drug-likeness (QED) is 0.811. The second kappa shape index (κ2) is 6.72. The molecule has 1 aliphatic heterocycles. The molecule has 0 radical (unpaired) electrons. The normalized spacial score (nSPS) is 19.1. The third kappa shape index (κ3) is 3.56. The van der Waals surface area contributed by atoms with Gasteiger partial charge in [-0.15, -0.1) is 0 Å². The molecular formula is C16H21N3O3S. The first-order valence-corrected chi connectivity index (χ1v) is 9.23. The number of ether oxygens (including phenoxy) is 1. The lowest BCUT2D eigenvalue weighted by Crippen LogP contribution is -2.33. The van der Waals surface area contributed by atoms with Crippen LogP contribution in [-0.2, 0) is 16.6 Å². The molecule has 1 aromatic carbocycles. The van der Waals surface area contributed by atoms with Crippen LogP contribution < -0.4 is 4.74 Å². The van der Waals surface area contributed by atoms with E-state index in [0.29, 0.717) is 30.3 Å². The van der Waals surface area contributed by atoms with Crippen LogP contribution in [0.4, 0.5) is 0 Å². The number of aromatic nitrogens is 2. The minimum absolute atomic E-state index is 0.0741. The Morgan fingerprint density at radius 2 is 2.09 bits per heavy atom. The van der Waals surface area contributed by atoms with E-state index in [4.69, 9.17) is 4.74 Å². The second-order valence-electron chi connectivity index (χ2n) is 5.70. The Hall–Kier alpha value is -1.86. The molecule has 0 amide bonds. The van der Waals surface area contributed by atoms with Gasteiger partial charge in [-0.25, -0.2) is 8.42 Å². The van der Waals surface area contributed by atoms with E-state index in [9.17, 15) is 8.42 Å². The number of rotatable bonds is 6. The van der Waals surface area contributed by atoms with Crippen molar-refractivity contribution >= 4 is 10.0 Å². The van der Waals surface area contributed by atoms with Gasteiger partial charge in [0.05, 0.1) is 11.4 Å². The molecule has 1 fully saturated rings. The first kappa shape index (κ1) is 16.0. The van der Waals surface area contributed by atoms with E-state index in [1.54, 1.807) is 39.4 Å². The molecule has 0 N–H and O–H groups in total. The topological polar surface area (TPSA) is 64.4 Å². The van der Waals surface area contributed by atoms with Gasteiger partial charge < -0.3 is 4.74 Å². The summed E-state index contributed by atoms with van der Waals surface area (Å²) in [4.78, 5) is 0.325. The van der Waals surface area contributed by atoms with E-state index >= 15 is 0 Å². The fraction of sp³-hybridized carbons (Fsp3) is 0.438. The van der Waals surface area contributed by atoms with Crippen molar-refractivity contribution in [2.24, 2.45) is 0 Å². The predicted molar refractivity (Wildman–Crippen MR) is 86.8 cm³/mol. The van der Waals surface area contributed by atoms with Crippen LogP contribution in [0, 0.1) is 0 Å². The molecule has 1 atom stereocenters. The Labute approximate surface area is 136 Å². The van der Waals surface area contributed by atoms with E-state index in [0.717, 1.165) is 12.8 Å². The van der Waals surface area contributed by atoms with E-state index in [2.05, 4.69) is 5.10 Å². The molecule has 2 aromatic rings. The molecular weight excluding hydrogens is 314 g/mol. The van der Waals surface area contributed by atoms with Gasteiger partial charge in [0.25, 0.3) is 0 Å². The van der Waals surface area contributed by atoms with E-state index in [1.165, 1.54) is 0 Å². The summed E-state index contributed by atoms with van der Waals surface area (Å²) in [6, 6.07) is 8.57. The molecule has 7 heteroatoms. The second-order valence-corrected chi connectivity index (χ2v) is 7.59. The summed E-state index contributed by atoms with van der Waals surface area (Å²) in [5.74, 6) is 0.658. The summed E-state index contributed by atoms with van der Waals surface area (Å²) in [7, 11) is -3.40. The zero-order valence-electron chi connectivity index (χ0n) is 13.1. The van der Waals surface area contributed by atoms with E-state index in [-0.39, 0.29) is 6.04 Å². The highest BCUT2D eigenvalue weighted by Gasteiger charge is 2.32. The molecule has 1 aromatic heterocycles. The van der Waals surface area contributed by atoms with Gasteiger partial charge in [-0.3, -0.25) is 4.68 Å². The van der Waals surface area contributed by atoms with Gasteiger partial charge in [-0.2, -0.15) is 9.40 Å². The maximum absolute atomic E-state index is 12.6. The smallest absolute Gasteiger partial charge is 0.243 e. The molecule has 0 spiro atoms. The number of hydrogen-bond acceptors (Lipinski definition) is 4. The zero-order chi connectivity index (χ0) is 16.3. The van der Waals surface area contributed by atoms with Crippen molar-refractivity contribution in [3.63, 3.8) is 0 Å². The highest BCUT2D eigenvalue weighted by molar-refractivity contribution is 7.89. The molecule has 0 saturated carbocycles. The van der Waals surface area contributed by atoms with Gasteiger partial charge in [0.1, 0.15) is 12.4 Å². The maximum Gasteiger partial charge on any atom is 0.243 e. The Kier molecular flexibility index (Phi) is 4.68. The highest BCUT2D eigenvalue weighted by Crippen LogP contribution is 2.26. The third-order valence-corrected chi connectivity index (χ3v) is 6.10. The standard InChI is InChI=1S/C16H21N3O3S/c1-14-4-2-11-19(14)23(20,21)16-7-5-15(6-8-16)22-13-12-18-10-3-9-17-18/h3,5-10,14H,2,4,11-13H2,1H3/t14-/m0/s1. The molecule has 0 aliphatic carbocycles. The summed E-state index contributed by atoms with van der Waals surface area (Å²) < 4.78 is 34.2.